The van der Waals surface area contributed by atoms with E-state index < -0.39 is 89.7 Å². The summed E-state index contributed by atoms with van der Waals surface area (Å²) in [5.41, 5.74) is -17.4. The van der Waals surface area contributed by atoms with Crippen molar-refractivity contribution < 1.29 is 93.4 Å². The minimum atomic E-state index is -1.73. The molecular weight excluding hydrogens is 1250 g/mol. The Morgan fingerprint density at radius 1 is 0.292 bits per heavy atom. The average molecular weight is 1370 g/mol. The maximum Gasteiger partial charge on any atom is 0.119 e. The second-order valence-electron chi connectivity index (χ2n) is 38.2. The van der Waals surface area contributed by atoms with Crippen LogP contribution in [0.15, 0.2) is 0 Å². The van der Waals surface area contributed by atoms with Gasteiger partial charge in [-0.15, -0.1) is 0 Å². The van der Waals surface area contributed by atoms with Crippen molar-refractivity contribution in [2.45, 2.75) is 313 Å². The van der Waals surface area contributed by atoms with E-state index in [-0.39, 0.29) is 124 Å². The summed E-state index contributed by atoms with van der Waals surface area (Å²) in [4.78, 5) is 0. The van der Waals surface area contributed by atoms with Crippen LogP contribution in [0.2, 0.25) is 0 Å². The highest BCUT2D eigenvalue weighted by Gasteiger charge is 2.75. The molecule has 16 aliphatic carbocycles. The first-order valence-corrected chi connectivity index (χ1v) is 38.0. The summed E-state index contributed by atoms with van der Waals surface area (Å²) in [6.45, 7) is 20.1. The van der Waals surface area contributed by atoms with Gasteiger partial charge in [-0.3, -0.25) is 0 Å². The van der Waals surface area contributed by atoms with Crippen molar-refractivity contribution in [2.75, 3.05) is 119 Å². The molecule has 20 heteroatoms. The molecule has 0 radical (unpaired) electrons. The van der Waals surface area contributed by atoms with Gasteiger partial charge in [-0.25, -0.2) is 26.3 Å². The molecule has 4 saturated heterocycles. The third-order valence-electron chi connectivity index (χ3n) is 29.4. The highest BCUT2D eigenvalue weighted by Crippen LogP contribution is 2.70. The van der Waals surface area contributed by atoms with E-state index in [9.17, 15) is 10.2 Å². The Labute approximate surface area is 567 Å². The van der Waals surface area contributed by atoms with E-state index >= 15 is 26.3 Å². The SMILES string of the molecule is CCC1(COC23CC4(F)CC(F)(C2)CC(OCC(CC)(CO)COC25CC6(F)CC(F)(CC(OCC7(CC)COC7)(C6)C2)C5)(C4)C3)COC1.CCC1(COC23CC4CC(F)(C2)CC(OCC(CC)(CO)COC25CC6CC(F)(CC(OCC7(CC)COC7)(C6)C2)C5)(C4)C3)COC1. The predicted octanol–water partition coefficient (Wildman–Crippen LogP) is 13.5. The number of aliphatic hydroxyl groups is 2. The molecule has 0 amide bonds. The zero-order chi connectivity index (χ0) is 67.6. The van der Waals surface area contributed by atoms with Crippen LogP contribution in [-0.2, 0) is 56.8 Å². The Morgan fingerprint density at radius 3 is 0.729 bits per heavy atom. The molecular formula is C76H118F6O14. The molecule has 20 fully saturated rings. The maximum atomic E-state index is 16.5. The third kappa shape index (κ3) is 12.7. The van der Waals surface area contributed by atoms with Gasteiger partial charge >= 0.3 is 0 Å². The zero-order valence-corrected chi connectivity index (χ0v) is 59.2. The topological polar surface area (TPSA) is 151 Å². The van der Waals surface area contributed by atoms with Crippen LogP contribution in [0.25, 0.3) is 0 Å². The Balaban J connectivity index is 0.000000158. The van der Waals surface area contributed by atoms with Gasteiger partial charge in [-0.05, 0) is 88.9 Å². The lowest BCUT2D eigenvalue weighted by molar-refractivity contribution is -0.313. The molecule has 0 aromatic heterocycles. The molecule has 548 valence electrons. The fourth-order valence-electron chi connectivity index (χ4n) is 24.5. The average Bonchev–Trinajstić information content (AvgIpc) is 0.705. The largest absolute Gasteiger partial charge is 0.396 e. The summed E-state index contributed by atoms with van der Waals surface area (Å²) >= 11 is 0. The Hall–Kier alpha value is -0.980. The molecule has 4 aliphatic heterocycles. The number of hydrogen-bond donors (Lipinski definition) is 2. The molecule has 96 heavy (non-hydrogen) atoms. The first kappa shape index (κ1) is 70.7. The van der Waals surface area contributed by atoms with Gasteiger partial charge in [-0.1, -0.05) is 41.5 Å². The lowest BCUT2D eigenvalue weighted by Gasteiger charge is -2.66. The Bertz CT molecular complexity index is 2610. The van der Waals surface area contributed by atoms with E-state index in [1.165, 1.54) is 0 Å². The number of hydrogen-bond acceptors (Lipinski definition) is 14. The number of rotatable bonds is 32. The van der Waals surface area contributed by atoms with E-state index in [1.54, 1.807) is 0 Å². The van der Waals surface area contributed by atoms with Crippen molar-refractivity contribution in [3.8, 4) is 0 Å². The zero-order valence-electron chi connectivity index (χ0n) is 59.2. The molecule has 12 atom stereocenters. The third-order valence-corrected chi connectivity index (χ3v) is 29.4. The smallest absolute Gasteiger partial charge is 0.119 e. The van der Waals surface area contributed by atoms with E-state index in [0.717, 1.165) is 51.4 Å². The molecule has 4 heterocycles. The standard InChI is InChI=1S/C38H58F4O7.C38H60F2O7/c1-4-28(19-43,24-46-35-9-31(39)7-32(40,10-35)14-37(13-31,17-35)48-26-29(5-2)20-44-21-29)25-47-36-11-33(41)8-34(42,12-36)16-38(15-33,18-36)49-27-30(6-3)22-45-23-30;1-4-30(19-41,24-44-35-9-28-7-33(39,13-35)15-37(11-28,17-35)46-26-31(5-2)20-42-21-31)25-45-36-10-29-8-34(40,14-36)16-38(12-29,18-36)47-27-32(6-3)22-43-23-32/h43H,4-27H2,1-3H3;28-29,41H,4-27H2,1-3H3. The molecule has 0 spiro atoms. The normalized spacial score (nSPS) is 48.7. The molecule has 0 aromatic rings. The first-order chi connectivity index (χ1) is 45.3. The second kappa shape index (κ2) is 23.8. The number of ether oxygens (including phenoxy) is 12. The Kier molecular flexibility index (Phi) is 17.5. The lowest BCUT2D eigenvalue weighted by Crippen LogP contribution is -2.72. The highest BCUT2D eigenvalue weighted by molar-refractivity contribution is 5.25. The maximum absolute atomic E-state index is 16.5. The van der Waals surface area contributed by atoms with Crippen molar-refractivity contribution >= 4 is 0 Å². The molecule has 2 N–H and O–H groups in total. The summed E-state index contributed by atoms with van der Waals surface area (Å²) in [6.07, 6.45) is 14.2. The fraction of sp³-hybridized carbons (Fsp3) is 1.00. The summed E-state index contributed by atoms with van der Waals surface area (Å²) in [6, 6.07) is 0. The summed E-state index contributed by atoms with van der Waals surface area (Å²) in [5, 5.41) is 21.7. The minimum Gasteiger partial charge on any atom is -0.396 e. The van der Waals surface area contributed by atoms with Gasteiger partial charge in [0.05, 0.1) is 164 Å². The molecule has 16 bridgehead atoms. The van der Waals surface area contributed by atoms with Gasteiger partial charge in [0.2, 0.25) is 0 Å². The van der Waals surface area contributed by atoms with Crippen molar-refractivity contribution in [2.24, 2.45) is 44.3 Å². The molecule has 20 rings (SSSR count). The predicted molar refractivity (Wildman–Crippen MR) is 344 cm³/mol. The van der Waals surface area contributed by atoms with Gasteiger partial charge < -0.3 is 67.1 Å². The van der Waals surface area contributed by atoms with Crippen LogP contribution in [0, 0.1) is 44.3 Å². The summed E-state index contributed by atoms with van der Waals surface area (Å²) in [5.74, 6) is 0.491. The monoisotopic (exact) mass is 1370 g/mol. The van der Waals surface area contributed by atoms with Gasteiger partial charge in [-0.2, -0.15) is 0 Å². The fourth-order valence-corrected chi connectivity index (χ4v) is 24.5. The van der Waals surface area contributed by atoms with Crippen LogP contribution in [0.3, 0.4) is 0 Å². The van der Waals surface area contributed by atoms with Crippen LogP contribution in [0.5, 0.6) is 0 Å². The highest BCUT2D eigenvalue weighted by atomic mass is 19.2. The van der Waals surface area contributed by atoms with Crippen LogP contribution in [-0.4, -0.2) is 208 Å². The van der Waals surface area contributed by atoms with Crippen molar-refractivity contribution in [1.82, 2.24) is 0 Å². The van der Waals surface area contributed by atoms with Gasteiger partial charge in [0.25, 0.3) is 0 Å². The van der Waals surface area contributed by atoms with Crippen LogP contribution in [0.4, 0.5) is 26.3 Å². The summed E-state index contributed by atoms with van der Waals surface area (Å²) < 4.78 is 175. The lowest BCUT2D eigenvalue weighted by atomic mass is 9.49. The van der Waals surface area contributed by atoms with Crippen molar-refractivity contribution in [3.63, 3.8) is 0 Å². The molecule has 16 saturated carbocycles. The van der Waals surface area contributed by atoms with Crippen LogP contribution >= 0.6 is 0 Å². The van der Waals surface area contributed by atoms with Gasteiger partial charge in [0.1, 0.15) is 34.0 Å². The van der Waals surface area contributed by atoms with Gasteiger partial charge in [0.15, 0.2) is 0 Å². The number of aliphatic hydroxyl groups excluding tert-OH is 2. The van der Waals surface area contributed by atoms with E-state index in [0.29, 0.717) is 170 Å². The number of halogens is 6. The molecule has 20 aliphatic rings. The van der Waals surface area contributed by atoms with Gasteiger partial charge in [0, 0.05) is 148 Å². The quantitative estimate of drug-likeness (QED) is 0.0615. The van der Waals surface area contributed by atoms with Crippen LogP contribution < -0.4 is 0 Å². The first-order valence-electron chi connectivity index (χ1n) is 38.0. The summed E-state index contributed by atoms with van der Waals surface area (Å²) in [7, 11) is 0. The number of alkyl halides is 6. The van der Waals surface area contributed by atoms with Crippen molar-refractivity contribution in [3.05, 3.63) is 0 Å². The van der Waals surface area contributed by atoms with E-state index in [4.69, 9.17) is 56.8 Å². The van der Waals surface area contributed by atoms with E-state index in [1.807, 2.05) is 6.92 Å². The molecule has 14 nitrogen and oxygen atoms in total. The minimum absolute atomic E-state index is 0.0211. The van der Waals surface area contributed by atoms with E-state index in [2.05, 4.69) is 34.6 Å². The molecule has 12 unspecified atom stereocenters. The second-order valence-corrected chi connectivity index (χ2v) is 38.2. The molecule has 0 aromatic carbocycles. The van der Waals surface area contributed by atoms with Crippen LogP contribution in [0.1, 0.15) is 234 Å². The Morgan fingerprint density at radius 2 is 0.510 bits per heavy atom. The van der Waals surface area contributed by atoms with Crippen molar-refractivity contribution in [1.29, 1.82) is 0 Å².